The molecule has 0 unspecified atom stereocenters. The van der Waals surface area contributed by atoms with E-state index in [2.05, 4.69) is 5.32 Å². The summed E-state index contributed by atoms with van der Waals surface area (Å²) in [5, 5.41) is 2.78. The van der Waals surface area contributed by atoms with Gasteiger partial charge in [-0.15, -0.1) is 0 Å². The van der Waals surface area contributed by atoms with Gasteiger partial charge in [0, 0.05) is 13.0 Å². The molecule has 1 aromatic rings. The number of aryl methyl sites for hydroxylation is 1. The molecule has 70 valence electrons. The van der Waals surface area contributed by atoms with E-state index in [0.29, 0.717) is 13.0 Å². The van der Waals surface area contributed by atoms with Crippen molar-refractivity contribution in [1.82, 2.24) is 5.32 Å². The molecule has 1 aromatic carbocycles. The Hall–Kier alpha value is -1.31. The largest absolute Gasteiger partial charge is 0.356 e. The van der Waals surface area contributed by atoms with Gasteiger partial charge in [-0.25, -0.2) is 0 Å². The van der Waals surface area contributed by atoms with Crippen LogP contribution >= 0.6 is 0 Å². The molecule has 0 aromatic heterocycles. The van der Waals surface area contributed by atoms with Crippen LogP contribution in [-0.4, -0.2) is 12.5 Å². The minimum absolute atomic E-state index is 0.131. The molecule has 0 radical (unpaired) electrons. The van der Waals surface area contributed by atoms with E-state index in [9.17, 15) is 4.79 Å². The molecule has 13 heavy (non-hydrogen) atoms. The third kappa shape index (κ3) is 3.74. The van der Waals surface area contributed by atoms with Crippen LogP contribution in [0.1, 0.15) is 18.9 Å². The molecule has 0 spiro atoms. The first kappa shape index (κ1) is 9.78. The molecule has 0 aliphatic heterocycles. The third-order valence-electron chi connectivity index (χ3n) is 1.86. The number of amides is 1. The van der Waals surface area contributed by atoms with Gasteiger partial charge >= 0.3 is 0 Å². The Kier molecular flexibility index (Phi) is 4.03. The summed E-state index contributed by atoms with van der Waals surface area (Å²) in [5.74, 6) is 0.131. The summed E-state index contributed by atoms with van der Waals surface area (Å²) in [6.45, 7) is 2.65. The lowest BCUT2D eigenvalue weighted by molar-refractivity contribution is -0.120. The lowest BCUT2D eigenvalue weighted by Gasteiger charge is -2.01. The molecule has 2 heteroatoms. The van der Waals surface area contributed by atoms with Crippen molar-refractivity contribution in [3.05, 3.63) is 35.9 Å². The number of carbonyl (C=O) groups is 1. The van der Waals surface area contributed by atoms with Crippen molar-refractivity contribution < 1.29 is 4.79 Å². The molecule has 2 nitrogen and oxygen atoms in total. The molecule has 0 aliphatic rings. The zero-order chi connectivity index (χ0) is 9.52. The molecule has 0 saturated carbocycles. The van der Waals surface area contributed by atoms with Crippen LogP contribution in [-0.2, 0) is 11.2 Å². The van der Waals surface area contributed by atoms with Crippen molar-refractivity contribution in [1.29, 1.82) is 0 Å². The smallest absolute Gasteiger partial charge is 0.220 e. The Morgan fingerprint density at radius 3 is 2.62 bits per heavy atom. The maximum absolute atomic E-state index is 11.1. The molecule has 0 heterocycles. The van der Waals surface area contributed by atoms with Crippen molar-refractivity contribution >= 4 is 5.91 Å². The van der Waals surface area contributed by atoms with E-state index < -0.39 is 0 Å². The molecule has 0 saturated heterocycles. The Balaban J connectivity index is 2.31. The number of hydrogen-bond acceptors (Lipinski definition) is 1. The molecule has 1 N–H and O–H groups in total. The highest BCUT2D eigenvalue weighted by Gasteiger charge is 1.99. The Morgan fingerprint density at radius 2 is 2.00 bits per heavy atom. The average molecular weight is 177 g/mol. The molecule has 0 fully saturated rings. The highest BCUT2D eigenvalue weighted by molar-refractivity contribution is 5.76. The molecular weight excluding hydrogens is 162 g/mol. The van der Waals surface area contributed by atoms with Crippen molar-refractivity contribution in [2.45, 2.75) is 19.8 Å². The Labute approximate surface area is 79.0 Å². The maximum atomic E-state index is 11.1. The zero-order valence-corrected chi connectivity index (χ0v) is 7.92. The molecule has 1 amide bonds. The minimum atomic E-state index is 0.131. The van der Waals surface area contributed by atoms with Crippen molar-refractivity contribution in [2.75, 3.05) is 6.54 Å². The van der Waals surface area contributed by atoms with Crippen LogP contribution in [0.3, 0.4) is 0 Å². The van der Waals surface area contributed by atoms with Gasteiger partial charge in [-0.1, -0.05) is 30.3 Å². The van der Waals surface area contributed by atoms with Crippen LogP contribution in [0.15, 0.2) is 30.3 Å². The van der Waals surface area contributed by atoms with Gasteiger partial charge in [0.1, 0.15) is 0 Å². The van der Waals surface area contributed by atoms with E-state index in [-0.39, 0.29) is 5.91 Å². The van der Waals surface area contributed by atoms with Crippen LogP contribution in [0.5, 0.6) is 0 Å². The second-order valence-corrected chi connectivity index (χ2v) is 2.94. The van der Waals surface area contributed by atoms with E-state index in [1.807, 2.05) is 37.3 Å². The number of hydrogen-bond donors (Lipinski definition) is 1. The monoisotopic (exact) mass is 177 g/mol. The average Bonchev–Trinajstić information content (AvgIpc) is 2.17. The molecule has 1 rings (SSSR count). The van der Waals surface area contributed by atoms with Crippen LogP contribution in [0.4, 0.5) is 0 Å². The second-order valence-electron chi connectivity index (χ2n) is 2.94. The normalized spacial score (nSPS) is 9.62. The summed E-state index contributed by atoms with van der Waals surface area (Å²) in [5.41, 5.74) is 1.22. The van der Waals surface area contributed by atoms with Crippen LogP contribution in [0.25, 0.3) is 0 Å². The summed E-state index contributed by atoms with van der Waals surface area (Å²) in [4.78, 5) is 11.1. The summed E-state index contributed by atoms with van der Waals surface area (Å²) >= 11 is 0. The number of benzene rings is 1. The molecular formula is C11H15NO. The van der Waals surface area contributed by atoms with Gasteiger partial charge in [0.2, 0.25) is 5.91 Å². The van der Waals surface area contributed by atoms with Crippen molar-refractivity contribution in [3.8, 4) is 0 Å². The fraction of sp³-hybridized carbons (Fsp3) is 0.364. The van der Waals surface area contributed by atoms with Gasteiger partial charge in [0.15, 0.2) is 0 Å². The first-order valence-electron chi connectivity index (χ1n) is 4.63. The number of nitrogens with one attached hydrogen (secondary N) is 1. The Morgan fingerprint density at radius 1 is 1.31 bits per heavy atom. The van der Waals surface area contributed by atoms with E-state index in [0.717, 1.165) is 6.42 Å². The number of rotatable bonds is 4. The highest BCUT2D eigenvalue weighted by Crippen LogP contribution is 2.01. The topological polar surface area (TPSA) is 29.1 Å². The van der Waals surface area contributed by atoms with E-state index in [4.69, 9.17) is 0 Å². The maximum Gasteiger partial charge on any atom is 0.220 e. The van der Waals surface area contributed by atoms with Gasteiger partial charge in [0.25, 0.3) is 0 Å². The van der Waals surface area contributed by atoms with Gasteiger partial charge in [-0.3, -0.25) is 4.79 Å². The van der Waals surface area contributed by atoms with Crippen molar-refractivity contribution in [2.24, 2.45) is 0 Å². The standard InChI is InChI=1S/C11H15NO/c1-2-12-11(13)9-8-10-6-4-3-5-7-10/h3-7H,2,8-9H2,1H3,(H,12,13). The third-order valence-corrected chi connectivity index (χ3v) is 1.86. The highest BCUT2D eigenvalue weighted by atomic mass is 16.1. The molecule has 0 bridgehead atoms. The van der Waals surface area contributed by atoms with Gasteiger partial charge < -0.3 is 5.32 Å². The van der Waals surface area contributed by atoms with Crippen LogP contribution in [0, 0.1) is 0 Å². The SMILES string of the molecule is CCNC(=O)CCc1ccccc1. The zero-order valence-electron chi connectivity index (χ0n) is 7.92. The van der Waals surface area contributed by atoms with Crippen LogP contribution in [0.2, 0.25) is 0 Å². The minimum Gasteiger partial charge on any atom is -0.356 e. The fourth-order valence-electron chi connectivity index (χ4n) is 1.19. The van der Waals surface area contributed by atoms with Gasteiger partial charge in [-0.2, -0.15) is 0 Å². The Bertz CT molecular complexity index is 256. The van der Waals surface area contributed by atoms with E-state index in [1.54, 1.807) is 0 Å². The van der Waals surface area contributed by atoms with Gasteiger partial charge in [-0.05, 0) is 18.9 Å². The first-order valence-corrected chi connectivity index (χ1v) is 4.63. The lowest BCUT2D eigenvalue weighted by Crippen LogP contribution is -2.22. The fourth-order valence-corrected chi connectivity index (χ4v) is 1.19. The molecule has 0 atom stereocenters. The quantitative estimate of drug-likeness (QED) is 0.746. The summed E-state index contributed by atoms with van der Waals surface area (Å²) in [6.07, 6.45) is 1.41. The van der Waals surface area contributed by atoms with E-state index in [1.165, 1.54) is 5.56 Å². The second kappa shape index (κ2) is 5.36. The summed E-state index contributed by atoms with van der Waals surface area (Å²) in [7, 11) is 0. The van der Waals surface area contributed by atoms with Gasteiger partial charge in [0.05, 0.1) is 0 Å². The van der Waals surface area contributed by atoms with Crippen molar-refractivity contribution in [3.63, 3.8) is 0 Å². The number of carbonyl (C=O) groups excluding carboxylic acids is 1. The molecule has 0 aliphatic carbocycles. The lowest BCUT2D eigenvalue weighted by atomic mass is 10.1. The predicted molar refractivity (Wildman–Crippen MR) is 53.4 cm³/mol. The summed E-state index contributed by atoms with van der Waals surface area (Å²) in [6, 6.07) is 10.0. The van der Waals surface area contributed by atoms with E-state index >= 15 is 0 Å². The summed E-state index contributed by atoms with van der Waals surface area (Å²) < 4.78 is 0. The first-order chi connectivity index (χ1) is 6.33. The van der Waals surface area contributed by atoms with Crippen LogP contribution < -0.4 is 5.32 Å². The predicted octanol–water partition coefficient (Wildman–Crippen LogP) is 1.76.